The van der Waals surface area contributed by atoms with Gasteiger partial charge in [-0.25, -0.2) is 0 Å². The van der Waals surface area contributed by atoms with E-state index in [-0.39, 0.29) is 5.78 Å². The molecule has 0 saturated carbocycles. The molecule has 122 valence electrons. The minimum Gasteiger partial charge on any atom is -0.370 e. The molecule has 0 bridgehead atoms. The molecule has 0 atom stereocenters. The zero-order valence-electron chi connectivity index (χ0n) is 13.6. The quantitative estimate of drug-likeness (QED) is 0.349. The van der Waals surface area contributed by atoms with Gasteiger partial charge in [0.05, 0.1) is 0 Å². The molecule has 1 amide bonds. The van der Waals surface area contributed by atoms with Gasteiger partial charge in [0.15, 0.2) is 11.7 Å². The topological polar surface area (TPSA) is 96.0 Å². The summed E-state index contributed by atoms with van der Waals surface area (Å²) in [5.41, 5.74) is 8.90. The lowest BCUT2D eigenvalue weighted by Gasteiger charge is -2.09. The van der Waals surface area contributed by atoms with E-state index in [1.807, 2.05) is 42.5 Å². The Hall–Kier alpha value is -3.21. The summed E-state index contributed by atoms with van der Waals surface area (Å²) in [7, 11) is 0. The highest BCUT2D eigenvalue weighted by Gasteiger charge is 2.09. The smallest absolute Gasteiger partial charge is 0.253 e. The highest BCUT2D eigenvalue weighted by molar-refractivity contribution is 6.06. The van der Waals surface area contributed by atoms with Gasteiger partial charge in [-0.3, -0.25) is 20.3 Å². The number of nitrogens with two attached hydrogens (primary N) is 1. The molecule has 2 aromatic carbocycles. The molecular weight excluding hydrogens is 302 g/mol. The largest absolute Gasteiger partial charge is 0.370 e. The molecule has 0 aliphatic heterocycles. The van der Waals surface area contributed by atoms with Gasteiger partial charge in [-0.05, 0) is 42.7 Å². The maximum absolute atomic E-state index is 11.9. The van der Waals surface area contributed by atoms with E-state index in [0.29, 0.717) is 11.1 Å². The number of nitrogens with one attached hydrogen (secondary N) is 2. The van der Waals surface area contributed by atoms with Crippen molar-refractivity contribution in [3.05, 3.63) is 65.2 Å². The second-order valence-corrected chi connectivity index (χ2v) is 5.42. The van der Waals surface area contributed by atoms with Crippen LogP contribution in [-0.2, 0) is 4.79 Å². The van der Waals surface area contributed by atoms with E-state index in [0.717, 1.165) is 16.7 Å². The molecule has 5 nitrogen and oxygen atoms in total. The fourth-order valence-electron chi connectivity index (χ4n) is 2.31. The lowest BCUT2D eigenvalue weighted by molar-refractivity contribution is -0.116. The Bertz CT molecular complexity index is 838. The first kappa shape index (κ1) is 17.1. The first-order valence-corrected chi connectivity index (χ1v) is 7.42. The zero-order valence-corrected chi connectivity index (χ0v) is 13.6. The Kier molecular flexibility index (Phi) is 5.27. The van der Waals surface area contributed by atoms with Gasteiger partial charge in [0, 0.05) is 11.1 Å². The summed E-state index contributed by atoms with van der Waals surface area (Å²) in [4.78, 5) is 23.5. The van der Waals surface area contributed by atoms with Crippen LogP contribution in [0.25, 0.3) is 17.2 Å². The Balaban J connectivity index is 2.44. The van der Waals surface area contributed by atoms with Crippen molar-refractivity contribution in [1.82, 2.24) is 5.32 Å². The summed E-state index contributed by atoms with van der Waals surface area (Å²) in [6.07, 6.45) is 1.73. The molecule has 0 spiro atoms. The number of guanidine groups is 1. The summed E-state index contributed by atoms with van der Waals surface area (Å²) in [5, 5.41) is 9.38. The molecule has 0 heterocycles. The molecule has 0 saturated heterocycles. The number of benzene rings is 2. The second-order valence-electron chi connectivity index (χ2n) is 5.42. The number of rotatable bonds is 4. The molecule has 0 radical (unpaired) electrons. The van der Waals surface area contributed by atoms with Crippen LogP contribution in [-0.4, -0.2) is 17.6 Å². The standard InChI is InChI=1S/C19H19N3O2/c1-12(18(24)22-19(20)21)10-15-6-3-4-9-17(15)16-8-5-7-14(11-16)13(2)23/h3-11H,1-2H3,(H4,20,21,22,24)/b12-10+. The minimum absolute atomic E-state index is 0.00175. The van der Waals surface area contributed by atoms with Gasteiger partial charge >= 0.3 is 0 Å². The van der Waals surface area contributed by atoms with E-state index < -0.39 is 11.9 Å². The van der Waals surface area contributed by atoms with Crippen molar-refractivity contribution < 1.29 is 9.59 Å². The van der Waals surface area contributed by atoms with Crippen molar-refractivity contribution in [2.45, 2.75) is 13.8 Å². The molecule has 4 N–H and O–H groups in total. The SMILES string of the molecule is CC(=O)c1cccc(-c2ccccc2/C=C(\C)C(=O)NC(=N)N)c1. The van der Waals surface area contributed by atoms with Crippen LogP contribution in [0, 0.1) is 5.41 Å². The summed E-state index contributed by atoms with van der Waals surface area (Å²) >= 11 is 0. The maximum atomic E-state index is 11.9. The highest BCUT2D eigenvalue weighted by Crippen LogP contribution is 2.26. The molecule has 5 heteroatoms. The number of hydrogen-bond acceptors (Lipinski definition) is 3. The number of carbonyl (C=O) groups excluding carboxylic acids is 2. The average molecular weight is 321 g/mol. The van der Waals surface area contributed by atoms with Crippen LogP contribution in [0.4, 0.5) is 0 Å². The molecule has 2 aromatic rings. The highest BCUT2D eigenvalue weighted by atomic mass is 16.1. The van der Waals surface area contributed by atoms with Crippen LogP contribution in [0.1, 0.15) is 29.8 Å². The van der Waals surface area contributed by atoms with Crippen molar-refractivity contribution in [3.63, 3.8) is 0 Å². The van der Waals surface area contributed by atoms with Crippen molar-refractivity contribution in [2.75, 3.05) is 0 Å². The third-order valence-electron chi connectivity index (χ3n) is 3.52. The van der Waals surface area contributed by atoms with Crippen molar-refractivity contribution >= 4 is 23.7 Å². The predicted octanol–water partition coefficient (Wildman–Crippen LogP) is 2.97. The van der Waals surface area contributed by atoms with Gasteiger partial charge in [-0.15, -0.1) is 0 Å². The van der Waals surface area contributed by atoms with Gasteiger partial charge in [0.2, 0.25) is 0 Å². The van der Waals surface area contributed by atoms with Crippen LogP contribution in [0.15, 0.2) is 54.1 Å². The first-order valence-electron chi connectivity index (χ1n) is 7.42. The zero-order chi connectivity index (χ0) is 17.7. The normalized spacial score (nSPS) is 11.0. The number of hydrogen-bond donors (Lipinski definition) is 3. The summed E-state index contributed by atoms with van der Waals surface area (Å²) in [6.45, 7) is 3.18. The van der Waals surface area contributed by atoms with E-state index in [2.05, 4.69) is 5.32 Å². The number of carbonyl (C=O) groups is 2. The molecule has 0 fully saturated rings. The van der Waals surface area contributed by atoms with Gasteiger partial charge in [-0.2, -0.15) is 0 Å². The molecule has 24 heavy (non-hydrogen) atoms. The van der Waals surface area contributed by atoms with Crippen molar-refractivity contribution in [1.29, 1.82) is 5.41 Å². The van der Waals surface area contributed by atoms with Crippen LogP contribution < -0.4 is 11.1 Å². The fourth-order valence-corrected chi connectivity index (χ4v) is 2.31. The molecular formula is C19H19N3O2. The first-order chi connectivity index (χ1) is 11.4. The van der Waals surface area contributed by atoms with E-state index >= 15 is 0 Å². The van der Waals surface area contributed by atoms with Gasteiger partial charge < -0.3 is 5.73 Å². The number of amides is 1. The Morgan fingerprint density at radius 3 is 2.46 bits per heavy atom. The Morgan fingerprint density at radius 2 is 1.79 bits per heavy atom. The van der Waals surface area contributed by atoms with Crippen LogP contribution in [0.2, 0.25) is 0 Å². The third-order valence-corrected chi connectivity index (χ3v) is 3.52. The molecule has 0 aliphatic rings. The number of Topliss-reactive ketones (excluding diaryl/α,β-unsaturated/α-hetero) is 1. The fraction of sp³-hybridized carbons (Fsp3) is 0.105. The summed E-state index contributed by atoms with van der Waals surface area (Å²) in [6, 6.07) is 15.0. The Labute approximate surface area is 140 Å². The van der Waals surface area contributed by atoms with E-state index in [1.165, 1.54) is 6.92 Å². The van der Waals surface area contributed by atoms with Crippen LogP contribution in [0.3, 0.4) is 0 Å². The molecule has 0 aliphatic carbocycles. The van der Waals surface area contributed by atoms with Crippen molar-refractivity contribution in [2.24, 2.45) is 5.73 Å². The van der Waals surface area contributed by atoms with Gasteiger partial charge in [0.25, 0.3) is 5.91 Å². The van der Waals surface area contributed by atoms with Crippen LogP contribution in [0.5, 0.6) is 0 Å². The minimum atomic E-state index is -0.421. The molecule has 0 unspecified atom stereocenters. The van der Waals surface area contributed by atoms with Gasteiger partial charge in [0.1, 0.15) is 0 Å². The summed E-state index contributed by atoms with van der Waals surface area (Å²) in [5.74, 6) is -0.813. The van der Waals surface area contributed by atoms with E-state index in [4.69, 9.17) is 11.1 Å². The lowest BCUT2D eigenvalue weighted by Crippen LogP contribution is -2.36. The second kappa shape index (κ2) is 7.37. The van der Waals surface area contributed by atoms with Crippen LogP contribution >= 0.6 is 0 Å². The predicted molar refractivity (Wildman–Crippen MR) is 95.6 cm³/mol. The lowest BCUT2D eigenvalue weighted by atomic mass is 9.96. The maximum Gasteiger partial charge on any atom is 0.253 e. The average Bonchev–Trinajstić information content (AvgIpc) is 2.54. The van der Waals surface area contributed by atoms with E-state index in [9.17, 15) is 9.59 Å². The molecule has 2 rings (SSSR count). The van der Waals surface area contributed by atoms with Crippen molar-refractivity contribution in [3.8, 4) is 11.1 Å². The number of ketones is 1. The van der Waals surface area contributed by atoms with Gasteiger partial charge in [-0.1, -0.05) is 42.5 Å². The molecule has 0 aromatic heterocycles. The summed E-state index contributed by atoms with van der Waals surface area (Å²) < 4.78 is 0. The monoisotopic (exact) mass is 321 g/mol. The third kappa shape index (κ3) is 4.16. The van der Waals surface area contributed by atoms with E-state index in [1.54, 1.807) is 19.1 Å². The Morgan fingerprint density at radius 1 is 1.08 bits per heavy atom.